The van der Waals surface area contributed by atoms with E-state index < -0.39 is 36.1 Å². The number of carbonyl (C=O) groups excluding carboxylic acids is 2. The van der Waals surface area contributed by atoms with E-state index in [1.165, 1.54) is 9.80 Å². The van der Waals surface area contributed by atoms with Gasteiger partial charge in [0.25, 0.3) is 0 Å². The molecule has 1 heterocycles. The van der Waals surface area contributed by atoms with Gasteiger partial charge in [0, 0.05) is 39.0 Å². The number of piperazine rings is 1. The van der Waals surface area contributed by atoms with E-state index in [1.807, 2.05) is 12.1 Å². The fourth-order valence-corrected chi connectivity index (χ4v) is 3.69. The van der Waals surface area contributed by atoms with Crippen molar-refractivity contribution in [1.29, 1.82) is 0 Å². The van der Waals surface area contributed by atoms with E-state index in [0.29, 0.717) is 0 Å². The van der Waals surface area contributed by atoms with Crippen LogP contribution in [0.5, 0.6) is 0 Å². The zero-order valence-electron chi connectivity index (χ0n) is 18.6. The van der Waals surface area contributed by atoms with Crippen molar-refractivity contribution in [2.45, 2.75) is 24.9 Å². The third-order valence-electron chi connectivity index (χ3n) is 5.61. The lowest BCUT2D eigenvalue weighted by Crippen LogP contribution is -2.58. The molecular formula is C24H28N4O6. The average molecular weight is 469 g/mol. The highest BCUT2D eigenvalue weighted by Gasteiger charge is 2.29. The Balaban J connectivity index is 1.50. The zero-order chi connectivity index (χ0) is 24.5. The van der Waals surface area contributed by atoms with Gasteiger partial charge in [-0.15, -0.1) is 0 Å². The van der Waals surface area contributed by atoms with Crippen LogP contribution in [0.1, 0.15) is 11.1 Å². The minimum Gasteiger partial charge on any atom is -0.480 e. The molecule has 0 aliphatic carbocycles. The molecule has 4 amide bonds. The molecule has 0 saturated carbocycles. The van der Waals surface area contributed by atoms with Crippen molar-refractivity contribution < 1.29 is 29.4 Å². The summed E-state index contributed by atoms with van der Waals surface area (Å²) in [6, 6.07) is 14.8. The van der Waals surface area contributed by atoms with Gasteiger partial charge in [-0.25, -0.2) is 19.2 Å². The topological polar surface area (TPSA) is 139 Å². The van der Waals surface area contributed by atoms with Crippen LogP contribution >= 0.6 is 0 Å². The molecule has 180 valence electrons. The third kappa shape index (κ3) is 6.96. The van der Waals surface area contributed by atoms with Gasteiger partial charge >= 0.3 is 24.0 Å². The number of benzene rings is 2. The molecule has 10 nitrogen and oxygen atoms in total. The van der Waals surface area contributed by atoms with Gasteiger partial charge in [0.1, 0.15) is 12.1 Å². The first-order valence-electron chi connectivity index (χ1n) is 11.0. The number of nitrogens with one attached hydrogen (secondary N) is 2. The zero-order valence-corrected chi connectivity index (χ0v) is 18.6. The summed E-state index contributed by atoms with van der Waals surface area (Å²) in [6.45, 7) is 0.807. The Bertz CT molecular complexity index is 912. The van der Waals surface area contributed by atoms with Crippen LogP contribution in [0.25, 0.3) is 0 Å². The quantitative estimate of drug-likeness (QED) is 0.462. The summed E-state index contributed by atoms with van der Waals surface area (Å²) in [5.74, 6) is -2.26. The van der Waals surface area contributed by atoms with Crippen LogP contribution < -0.4 is 10.6 Å². The average Bonchev–Trinajstić information content (AvgIpc) is 2.84. The van der Waals surface area contributed by atoms with Crippen molar-refractivity contribution in [3.8, 4) is 0 Å². The Morgan fingerprint density at radius 3 is 1.26 bits per heavy atom. The molecule has 2 atom stereocenters. The maximum atomic E-state index is 12.6. The van der Waals surface area contributed by atoms with Gasteiger partial charge in [-0.2, -0.15) is 0 Å². The number of aliphatic carboxylic acids is 2. The predicted octanol–water partition coefficient (Wildman–Crippen LogP) is 1.41. The number of rotatable bonds is 8. The minimum atomic E-state index is -1.13. The smallest absolute Gasteiger partial charge is 0.326 e. The molecule has 0 radical (unpaired) electrons. The summed E-state index contributed by atoms with van der Waals surface area (Å²) in [5, 5.41) is 24.1. The van der Waals surface area contributed by atoms with Crippen molar-refractivity contribution in [3.63, 3.8) is 0 Å². The number of carboxylic acid groups (broad SMARTS) is 2. The van der Waals surface area contributed by atoms with Gasteiger partial charge in [0.2, 0.25) is 0 Å². The highest BCUT2D eigenvalue weighted by Crippen LogP contribution is 2.08. The number of urea groups is 2. The maximum Gasteiger partial charge on any atom is 0.326 e. The van der Waals surface area contributed by atoms with E-state index in [0.717, 1.165) is 11.1 Å². The summed E-state index contributed by atoms with van der Waals surface area (Å²) in [7, 11) is 0. The normalized spacial score (nSPS) is 15.2. The molecule has 4 N–H and O–H groups in total. The van der Waals surface area contributed by atoms with Gasteiger partial charge in [-0.1, -0.05) is 60.7 Å². The highest BCUT2D eigenvalue weighted by atomic mass is 16.4. The number of nitrogens with zero attached hydrogens (tertiary/aromatic N) is 2. The van der Waals surface area contributed by atoms with Crippen LogP contribution in [0.4, 0.5) is 9.59 Å². The van der Waals surface area contributed by atoms with Crippen molar-refractivity contribution in [1.82, 2.24) is 20.4 Å². The molecule has 1 aliphatic rings. The first kappa shape index (κ1) is 24.6. The van der Waals surface area contributed by atoms with Gasteiger partial charge in [0.05, 0.1) is 0 Å². The van der Waals surface area contributed by atoms with E-state index in [4.69, 9.17) is 0 Å². The van der Waals surface area contributed by atoms with Crippen LogP contribution in [0, 0.1) is 0 Å². The summed E-state index contributed by atoms with van der Waals surface area (Å²) in [5.41, 5.74) is 1.58. The van der Waals surface area contributed by atoms with Crippen molar-refractivity contribution >= 4 is 24.0 Å². The Morgan fingerprint density at radius 1 is 0.647 bits per heavy atom. The van der Waals surface area contributed by atoms with Crippen LogP contribution in [-0.4, -0.2) is 82.3 Å². The maximum absolute atomic E-state index is 12.6. The number of amides is 4. The molecule has 3 rings (SSSR count). The molecule has 34 heavy (non-hydrogen) atoms. The Morgan fingerprint density at radius 2 is 0.971 bits per heavy atom. The first-order chi connectivity index (χ1) is 16.3. The third-order valence-corrected chi connectivity index (χ3v) is 5.61. The van der Waals surface area contributed by atoms with E-state index in [9.17, 15) is 29.4 Å². The summed E-state index contributed by atoms with van der Waals surface area (Å²) >= 11 is 0. The fourth-order valence-electron chi connectivity index (χ4n) is 3.69. The lowest BCUT2D eigenvalue weighted by atomic mass is 10.1. The molecule has 10 heteroatoms. The Kier molecular flexibility index (Phi) is 8.44. The number of hydrogen-bond donors (Lipinski definition) is 4. The first-order valence-corrected chi connectivity index (χ1v) is 11.0. The van der Waals surface area contributed by atoms with Crippen molar-refractivity contribution in [2.24, 2.45) is 0 Å². The van der Waals surface area contributed by atoms with Crippen molar-refractivity contribution in [2.75, 3.05) is 26.2 Å². The summed E-state index contributed by atoms with van der Waals surface area (Å²) in [4.78, 5) is 51.3. The molecule has 2 aromatic carbocycles. The molecule has 1 aliphatic heterocycles. The van der Waals surface area contributed by atoms with Gasteiger partial charge in [0.15, 0.2) is 0 Å². The second-order valence-electron chi connectivity index (χ2n) is 8.03. The van der Waals surface area contributed by atoms with Crippen LogP contribution in [-0.2, 0) is 22.4 Å². The number of hydrogen-bond acceptors (Lipinski definition) is 4. The lowest BCUT2D eigenvalue weighted by molar-refractivity contribution is -0.140. The lowest BCUT2D eigenvalue weighted by Gasteiger charge is -2.35. The molecule has 0 bridgehead atoms. The van der Waals surface area contributed by atoms with E-state index in [1.54, 1.807) is 48.5 Å². The minimum absolute atomic E-state index is 0.155. The molecule has 1 fully saturated rings. The van der Waals surface area contributed by atoms with E-state index in [2.05, 4.69) is 10.6 Å². The van der Waals surface area contributed by atoms with Gasteiger partial charge in [-0.05, 0) is 11.1 Å². The monoisotopic (exact) mass is 468 g/mol. The fraction of sp³-hybridized carbons (Fsp3) is 0.333. The number of carboxylic acids is 2. The van der Waals surface area contributed by atoms with E-state index in [-0.39, 0.29) is 39.0 Å². The standard InChI is InChI=1S/C24H28N4O6/c29-21(30)19(15-17-7-3-1-4-8-17)25-23(33)27-11-13-28(14-12-27)24(34)26-20(22(31)32)16-18-9-5-2-6-10-18/h1-10,19-20H,11-16H2,(H,25,33)(H,26,34)(H,29,30)(H,31,32)/t19-,20-/m0/s1. The molecule has 0 spiro atoms. The van der Waals surface area contributed by atoms with Crippen molar-refractivity contribution in [3.05, 3.63) is 71.8 Å². The second-order valence-corrected chi connectivity index (χ2v) is 8.03. The van der Waals surface area contributed by atoms with Crippen LogP contribution in [0.2, 0.25) is 0 Å². The predicted molar refractivity (Wildman–Crippen MR) is 123 cm³/mol. The van der Waals surface area contributed by atoms with E-state index >= 15 is 0 Å². The molecule has 1 saturated heterocycles. The highest BCUT2D eigenvalue weighted by molar-refractivity contribution is 5.84. The van der Waals surface area contributed by atoms with Crippen LogP contribution in [0.15, 0.2) is 60.7 Å². The van der Waals surface area contributed by atoms with Crippen LogP contribution in [0.3, 0.4) is 0 Å². The Hall–Kier alpha value is -4.08. The molecule has 0 unspecified atom stereocenters. The summed E-state index contributed by atoms with van der Waals surface area (Å²) < 4.78 is 0. The van der Waals surface area contributed by atoms with Gasteiger partial charge < -0.3 is 30.6 Å². The van der Waals surface area contributed by atoms with Gasteiger partial charge in [-0.3, -0.25) is 0 Å². The largest absolute Gasteiger partial charge is 0.480 e. The molecule has 0 aromatic heterocycles. The molecular weight excluding hydrogens is 440 g/mol. The second kappa shape index (κ2) is 11.7. The Labute approximate surface area is 197 Å². The SMILES string of the molecule is O=C(O)[C@H](Cc1ccccc1)NC(=O)N1CCN(C(=O)N[C@@H](Cc2ccccc2)C(=O)O)CC1. The number of carbonyl (C=O) groups is 4. The molecule has 2 aromatic rings. The summed E-state index contributed by atoms with van der Waals surface area (Å²) in [6.07, 6.45) is 0.310.